The molecule has 114 valence electrons. The molecule has 0 aromatic heterocycles. The fourth-order valence-corrected chi connectivity index (χ4v) is 3.78. The lowest BCUT2D eigenvalue weighted by molar-refractivity contribution is -0.128. The number of amides is 1. The Morgan fingerprint density at radius 2 is 1.76 bits per heavy atom. The van der Waals surface area contributed by atoms with Gasteiger partial charge in [0.15, 0.2) is 0 Å². The van der Waals surface area contributed by atoms with E-state index in [9.17, 15) is 4.79 Å². The summed E-state index contributed by atoms with van der Waals surface area (Å²) in [5.41, 5.74) is 1.20. The Labute approximate surface area is 127 Å². The van der Waals surface area contributed by atoms with Crippen LogP contribution in [0.4, 0.5) is 0 Å². The van der Waals surface area contributed by atoms with Crippen LogP contribution >= 0.6 is 0 Å². The van der Waals surface area contributed by atoms with Crippen molar-refractivity contribution in [3.63, 3.8) is 0 Å². The van der Waals surface area contributed by atoms with Gasteiger partial charge in [-0.2, -0.15) is 0 Å². The predicted molar refractivity (Wildman–Crippen MR) is 84.6 cm³/mol. The van der Waals surface area contributed by atoms with Gasteiger partial charge >= 0.3 is 0 Å². The molecule has 0 bridgehead atoms. The van der Waals surface area contributed by atoms with Gasteiger partial charge in [0.1, 0.15) is 6.17 Å². The summed E-state index contributed by atoms with van der Waals surface area (Å²) in [6, 6.07) is 10.3. The van der Waals surface area contributed by atoms with Gasteiger partial charge < -0.3 is 4.90 Å². The van der Waals surface area contributed by atoms with Gasteiger partial charge in [0.25, 0.3) is 0 Å². The minimum atomic E-state index is 0.0719. The second-order valence-corrected chi connectivity index (χ2v) is 6.54. The van der Waals surface area contributed by atoms with Gasteiger partial charge in [-0.15, -0.1) is 0 Å². The Morgan fingerprint density at radius 1 is 1.10 bits per heavy atom. The van der Waals surface area contributed by atoms with Crippen molar-refractivity contribution in [2.75, 3.05) is 13.1 Å². The van der Waals surface area contributed by atoms with E-state index in [4.69, 9.17) is 0 Å². The topological polar surface area (TPSA) is 32.3 Å². The smallest absolute Gasteiger partial charge is 0.238 e. The highest BCUT2D eigenvalue weighted by Gasteiger charge is 2.33. The summed E-state index contributed by atoms with van der Waals surface area (Å²) in [7, 11) is 0. The van der Waals surface area contributed by atoms with Crippen LogP contribution in [-0.4, -0.2) is 23.9 Å². The third-order valence-electron chi connectivity index (χ3n) is 5.19. The number of benzene rings is 1. The molecule has 3 nitrogen and oxygen atoms in total. The van der Waals surface area contributed by atoms with Crippen LogP contribution < -0.4 is 5.32 Å². The van der Waals surface area contributed by atoms with Crippen LogP contribution in [0.3, 0.4) is 0 Å². The zero-order valence-electron chi connectivity index (χ0n) is 12.9. The Bertz CT molecular complexity index is 465. The Kier molecular flexibility index (Phi) is 4.59. The molecule has 1 aromatic rings. The van der Waals surface area contributed by atoms with E-state index >= 15 is 0 Å². The molecule has 3 rings (SSSR count). The molecule has 1 atom stereocenters. The monoisotopic (exact) mass is 286 g/mol. The Hall–Kier alpha value is -1.35. The molecule has 1 aliphatic carbocycles. The van der Waals surface area contributed by atoms with Crippen molar-refractivity contribution in [3.8, 4) is 0 Å². The highest BCUT2D eigenvalue weighted by atomic mass is 16.2. The van der Waals surface area contributed by atoms with Crippen LogP contribution in [0, 0.1) is 11.8 Å². The number of nitrogens with zero attached hydrogens (tertiary/aromatic N) is 1. The first-order chi connectivity index (χ1) is 10.3. The molecule has 1 heterocycles. The van der Waals surface area contributed by atoms with Crippen molar-refractivity contribution in [3.05, 3.63) is 35.9 Å². The van der Waals surface area contributed by atoms with Crippen LogP contribution in [0.25, 0.3) is 0 Å². The second-order valence-electron chi connectivity index (χ2n) is 6.54. The molecule has 1 aliphatic heterocycles. The zero-order chi connectivity index (χ0) is 14.7. The summed E-state index contributed by atoms with van der Waals surface area (Å²) in [5.74, 6) is 1.85. The minimum Gasteiger partial charge on any atom is -0.322 e. The minimum absolute atomic E-state index is 0.0719. The summed E-state index contributed by atoms with van der Waals surface area (Å²) < 4.78 is 0. The van der Waals surface area contributed by atoms with E-state index < -0.39 is 0 Å². The molecule has 0 spiro atoms. The number of rotatable bonds is 4. The molecule has 2 aliphatic rings. The summed E-state index contributed by atoms with van der Waals surface area (Å²) in [6.45, 7) is 3.69. The standard InChI is InChI=1S/C18H26N2O/c1-2-14-8-10-15(11-9-14)13-20-17(21)12-19-18(20)16-6-4-3-5-7-16/h3-7,14-15,18-19H,2,8-13H2,1H3. The van der Waals surface area contributed by atoms with Gasteiger partial charge in [-0.05, 0) is 30.2 Å². The second kappa shape index (κ2) is 6.61. The van der Waals surface area contributed by atoms with Crippen LogP contribution in [-0.2, 0) is 4.79 Å². The molecule has 2 fully saturated rings. The molecule has 0 radical (unpaired) electrons. The number of carbonyl (C=O) groups is 1. The Morgan fingerprint density at radius 3 is 2.43 bits per heavy atom. The molecule has 1 saturated heterocycles. The van der Waals surface area contributed by atoms with Gasteiger partial charge in [-0.1, -0.05) is 56.5 Å². The fourth-order valence-electron chi connectivity index (χ4n) is 3.78. The van der Waals surface area contributed by atoms with Crippen molar-refractivity contribution < 1.29 is 4.79 Å². The normalized spacial score (nSPS) is 29.9. The van der Waals surface area contributed by atoms with E-state index in [0.717, 1.165) is 12.5 Å². The third kappa shape index (κ3) is 3.29. The van der Waals surface area contributed by atoms with Gasteiger partial charge in [-0.3, -0.25) is 10.1 Å². The van der Waals surface area contributed by atoms with E-state index in [2.05, 4.69) is 29.3 Å². The van der Waals surface area contributed by atoms with E-state index in [-0.39, 0.29) is 12.1 Å². The van der Waals surface area contributed by atoms with Crippen molar-refractivity contribution >= 4 is 5.91 Å². The molecule has 21 heavy (non-hydrogen) atoms. The number of nitrogens with one attached hydrogen (secondary N) is 1. The van der Waals surface area contributed by atoms with Crippen LogP contribution in [0.15, 0.2) is 30.3 Å². The molecule has 1 saturated carbocycles. The summed E-state index contributed by atoms with van der Waals surface area (Å²) in [4.78, 5) is 14.3. The summed E-state index contributed by atoms with van der Waals surface area (Å²) in [6.07, 6.45) is 6.62. The third-order valence-corrected chi connectivity index (χ3v) is 5.19. The average Bonchev–Trinajstić information content (AvgIpc) is 2.90. The predicted octanol–water partition coefficient (Wildman–Crippen LogP) is 3.33. The Balaban J connectivity index is 1.64. The lowest BCUT2D eigenvalue weighted by Crippen LogP contribution is -2.36. The van der Waals surface area contributed by atoms with Crippen LogP contribution in [0.2, 0.25) is 0 Å². The maximum absolute atomic E-state index is 12.2. The first-order valence-electron chi connectivity index (χ1n) is 8.35. The maximum Gasteiger partial charge on any atom is 0.238 e. The lowest BCUT2D eigenvalue weighted by Gasteiger charge is -2.33. The van der Waals surface area contributed by atoms with Crippen molar-refractivity contribution in [2.45, 2.75) is 45.2 Å². The first kappa shape index (κ1) is 14.6. The first-order valence-corrected chi connectivity index (χ1v) is 8.35. The van der Waals surface area contributed by atoms with Gasteiger partial charge in [0.2, 0.25) is 5.91 Å². The van der Waals surface area contributed by atoms with E-state index in [1.54, 1.807) is 0 Å². The summed E-state index contributed by atoms with van der Waals surface area (Å²) in [5, 5.41) is 3.36. The molecule has 1 N–H and O–H groups in total. The van der Waals surface area contributed by atoms with E-state index in [1.807, 2.05) is 18.2 Å². The molecule has 1 unspecified atom stereocenters. The SMILES string of the molecule is CCC1CCC(CN2C(=O)CNC2c2ccccc2)CC1. The van der Waals surface area contributed by atoms with Crippen molar-refractivity contribution in [2.24, 2.45) is 11.8 Å². The van der Waals surface area contributed by atoms with Crippen molar-refractivity contribution in [1.29, 1.82) is 0 Å². The van der Waals surface area contributed by atoms with E-state index in [1.165, 1.54) is 37.7 Å². The molecular formula is C18H26N2O. The highest BCUT2D eigenvalue weighted by molar-refractivity contribution is 5.81. The highest BCUT2D eigenvalue weighted by Crippen LogP contribution is 2.33. The fraction of sp³-hybridized carbons (Fsp3) is 0.611. The number of carbonyl (C=O) groups excluding carboxylic acids is 1. The molecule has 1 amide bonds. The summed E-state index contributed by atoms with van der Waals surface area (Å²) >= 11 is 0. The van der Waals surface area contributed by atoms with Gasteiger partial charge in [-0.25, -0.2) is 0 Å². The number of hydrogen-bond donors (Lipinski definition) is 1. The van der Waals surface area contributed by atoms with Crippen LogP contribution in [0.1, 0.15) is 50.8 Å². The van der Waals surface area contributed by atoms with Gasteiger partial charge in [0, 0.05) is 6.54 Å². The molecule has 1 aromatic carbocycles. The average molecular weight is 286 g/mol. The van der Waals surface area contributed by atoms with Gasteiger partial charge in [0.05, 0.1) is 6.54 Å². The lowest BCUT2D eigenvalue weighted by atomic mass is 9.80. The largest absolute Gasteiger partial charge is 0.322 e. The number of hydrogen-bond acceptors (Lipinski definition) is 2. The van der Waals surface area contributed by atoms with Crippen molar-refractivity contribution in [1.82, 2.24) is 10.2 Å². The quantitative estimate of drug-likeness (QED) is 0.920. The van der Waals surface area contributed by atoms with E-state index in [0.29, 0.717) is 12.5 Å². The zero-order valence-corrected chi connectivity index (χ0v) is 12.9. The maximum atomic E-state index is 12.2. The molecular weight excluding hydrogens is 260 g/mol. The van der Waals surface area contributed by atoms with Crippen LogP contribution in [0.5, 0.6) is 0 Å². The molecule has 3 heteroatoms.